The second-order valence-corrected chi connectivity index (χ2v) is 5.75. The summed E-state index contributed by atoms with van der Waals surface area (Å²) in [5.41, 5.74) is 3.25. The van der Waals surface area contributed by atoms with Gasteiger partial charge in [-0.3, -0.25) is 4.79 Å². The van der Waals surface area contributed by atoms with Gasteiger partial charge in [0.1, 0.15) is 17.2 Å². The Bertz CT molecular complexity index is 999. The maximum atomic E-state index is 12.4. The van der Waals surface area contributed by atoms with E-state index < -0.39 is 5.91 Å². The number of ether oxygens (including phenoxy) is 2. The van der Waals surface area contributed by atoms with Gasteiger partial charge in [0.05, 0.1) is 25.5 Å². The van der Waals surface area contributed by atoms with Crippen molar-refractivity contribution in [2.45, 2.75) is 6.92 Å². The molecule has 0 aromatic heterocycles. The first kappa shape index (κ1) is 18.3. The van der Waals surface area contributed by atoms with Gasteiger partial charge in [-0.05, 0) is 48.0 Å². The molecular weight excluding hydrogens is 344 g/mol. The van der Waals surface area contributed by atoms with Crippen LogP contribution in [0.1, 0.15) is 22.8 Å². The minimum Gasteiger partial charge on any atom is -0.507 e. The lowest BCUT2D eigenvalue weighted by Crippen LogP contribution is -2.17. The molecule has 0 heterocycles. The highest BCUT2D eigenvalue weighted by Crippen LogP contribution is 2.25. The number of rotatable bonds is 6. The van der Waals surface area contributed by atoms with Gasteiger partial charge >= 0.3 is 0 Å². The number of fused-ring (bicyclic) bond motifs is 1. The second kappa shape index (κ2) is 8.23. The summed E-state index contributed by atoms with van der Waals surface area (Å²) in [5, 5.41) is 15.8. The Morgan fingerprint density at radius 1 is 1.15 bits per heavy atom. The fraction of sp³-hybridized carbons (Fsp3) is 0.143. The smallest absolute Gasteiger partial charge is 0.275 e. The van der Waals surface area contributed by atoms with Crippen LogP contribution in [0, 0.1) is 0 Å². The standard InChI is InChI=1S/C21H20N2O4/c1-3-27-20-9-8-17(26-2)10-16(20)13-22-23-21(25)18-11-14-6-4-5-7-15(14)12-19(18)24/h4-13,24H,3H2,1-2H3,(H,23,25)/b22-13+. The molecule has 6 heteroatoms. The van der Waals surface area contributed by atoms with Crippen LogP contribution in [0.15, 0.2) is 59.7 Å². The fourth-order valence-electron chi connectivity index (χ4n) is 2.67. The predicted octanol–water partition coefficient (Wildman–Crippen LogP) is 3.72. The van der Waals surface area contributed by atoms with Gasteiger partial charge in [-0.1, -0.05) is 24.3 Å². The summed E-state index contributed by atoms with van der Waals surface area (Å²) in [4.78, 5) is 12.4. The molecule has 0 fully saturated rings. The van der Waals surface area contributed by atoms with Gasteiger partial charge in [0.2, 0.25) is 0 Å². The zero-order valence-electron chi connectivity index (χ0n) is 15.1. The lowest BCUT2D eigenvalue weighted by Gasteiger charge is -2.09. The number of carbonyl (C=O) groups is 1. The number of nitrogens with one attached hydrogen (secondary N) is 1. The van der Waals surface area contributed by atoms with E-state index >= 15 is 0 Å². The number of phenols is 1. The van der Waals surface area contributed by atoms with Crippen LogP contribution >= 0.6 is 0 Å². The molecule has 27 heavy (non-hydrogen) atoms. The quantitative estimate of drug-likeness (QED) is 0.516. The van der Waals surface area contributed by atoms with Crippen molar-refractivity contribution in [2.75, 3.05) is 13.7 Å². The molecule has 6 nitrogen and oxygen atoms in total. The maximum absolute atomic E-state index is 12.4. The van der Waals surface area contributed by atoms with Crippen LogP contribution in [-0.4, -0.2) is 30.9 Å². The van der Waals surface area contributed by atoms with Gasteiger partial charge in [-0.15, -0.1) is 0 Å². The molecule has 2 N–H and O–H groups in total. The van der Waals surface area contributed by atoms with Gasteiger partial charge in [0.15, 0.2) is 0 Å². The Kier molecular flexibility index (Phi) is 5.56. The number of aromatic hydroxyl groups is 1. The van der Waals surface area contributed by atoms with E-state index in [2.05, 4.69) is 10.5 Å². The first-order valence-electron chi connectivity index (χ1n) is 8.48. The molecule has 1 amide bonds. The number of hydrogen-bond donors (Lipinski definition) is 2. The summed E-state index contributed by atoms with van der Waals surface area (Å²) >= 11 is 0. The Labute approximate surface area is 157 Å². The number of hydrazone groups is 1. The van der Waals surface area contributed by atoms with Gasteiger partial charge in [-0.25, -0.2) is 5.43 Å². The number of nitrogens with zero attached hydrogens (tertiary/aromatic N) is 1. The SMILES string of the molecule is CCOc1ccc(OC)cc1/C=N/NC(=O)c1cc2ccccc2cc1O. The van der Waals surface area contributed by atoms with Crippen molar-refractivity contribution in [3.63, 3.8) is 0 Å². The number of phenolic OH excluding ortho intramolecular Hbond substituents is 1. The van der Waals surface area contributed by atoms with Crippen molar-refractivity contribution in [3.8, 4) is 17.2 Å². The summed E-state index contributed by atoms with van der Waals surface area (Å²) in [5.74, 6) is 0.677. The summed E-state index contributed by atoms with van der Waals surface area (Å²) in [6.07, 6.45) is 1.48. The van der Waals surface area contributed by atoms with Gasteiger partial charge in [-0.2, -0.15) is 5.10 Å². The number of methoxy groups -OCH3 is 1. The molecule has 0 radical (unpaired) electrons. The van der Waals surface area contributed by atoms with Crippen molar-refractivity contribution in [1.82, 2.24) is 5.43 Å². The van der Waals surface area contributed by atoms with E-state index in [0.717, 1.165) is 10.8 Å². The Balaban J connectivity index is 1.80. The molecular formula is C21H20N2O4. The van der Waals surface area contributed by atoms with Crippen LogP contribution in [-0.2, 0) is 0 Å². The van der Waals surface area contributed by atoms with Crippen LogP contribution in [0.5, 0.6) is 17.2 Å². The van der Waals surface area contributed by atoms with E-state index in [4.69, 9.17) is 9.47 Å². The van der Waals surface area contributed by atoms with E-state index in [9.17, 15) is 9.90 Å². The molecule has 0 aliphatic rings. The third-order valence-corrected chi connectivity index (χ3v) is 4.00. The van der Waals surface area contributed by atoms with E-state index in [1.165, 1.54) is 6.21 Å². The van der Waals surface area contributed by atoms with Gasteiger partial charge in [0, 0.05) is 5.56 Å². The number of amides is 1. The minimum absolute atomic E-state index is 0.0993. The molecule has 0 aliphatic heterocycles. The molecule has 0 saturated carbocycles. The van der Waals surface area contributed by atoms with Crippen LogP contribution < -0.4 is 14.9 Å². The van der Waals surface area contributed by atoms with E-state index in [0.29, 0.717) is 23.7 Å². The van der Waals surface area contributed by atoms with E-state index in [1.807, 2.05) is 31.2 Å². The van der Waals surface area contributed by atoms with Crippen molar-refractivity contribution < 1.29 is 19.4 Å². The fourth-order valence-corrected chi connectivity index (χ4v) is 2.67. The lowest BCUT2D eigenvalue weighted by molar-refractivity contribution is 0.0952. The van der Waals surface area contributed by atoms with Crippen molar-refractivity contribution in [1.29, 1.82) is 0 Å². The largest absolute Gasteiger partial charge is 0.507 e. The lowest BCUT2D eigenvalue weighted by atomic mass is 10.1. The highest BCUT2D eigenvalue weighted by molar-refractivity contribution is 6.01. The Morgan fingerprint density at radius 2 is 1.89 bits per heavy atom. The third kappa shape index (κ3) is 4.17. The molecule has 0 aliphatic carbocycles. The third-order valence-electron chi connectivity index (χ3n) is 4.00. The zero-order valence-corrected chi connectivity index (χ0v) is 15.1. The number of benzene rings is 3. The molecule has 0 unspecified atom stereocenters. The Hall–Kier alpha value is -3.54. The topological polar surface area (TPSA) is 80.2 Å². The molecule has 0 spiro atoms. The predicted molar refractivity (Wildman–Crippen MR) is 105 cm³/mol. The van der Waals surface area contributed by atoms with Crippen LogP contribution in [0.2, 0.25) is 0 Å². The van der Waals surface area contributed by atoms with Gasteiger partial charge in [0.25, 0.3) is 5.91 Å². The molecule has 3 aromatic rings. The Morgan fingerprint density at radius 3 is 2.59 bits per heavy atom. The van der Waals surface area contributed by atoms with E-state index in [1.54, 1.807) is 37.4 Å². The van der Waals surface area contributed by atoms with Crippen molar-refractivity contribution in [2.24, 2.45) is 5.10 Å². The normalized spacial score (nSPS) is 10.9. The van der Waals surface area contributed by atoms with Crippen molar-refractivity contribution in [3.05, 3.63) is 65.7 Å². The zero-order chi connectivity index (χ0) is 19.2. The van der Waals surface area contributed by atoms with Crippen molar-refractivity contribution >= 4 is 22.9 Å². The summed E-state index contributed by atoms with van der Waals surface area (Å²) < 4.78 is 10.8. The molecule has 0 saturated heterocycles. The number of hydrogen-bond acceptors (Lipinski definition) is 5. The van der Waals surface area contributed by atoms with Gasteiger partial charge < -0.3 is 14.6 Å². The average Bonchev–Trinajstić information content (AvgIpc) is 2.68. The molecule has 3 rings (SSSR count). The second-order valence-electron chi connectivity index (χ2n) is 5.75. The number of carbonyl (C=O) groups excluding carboxylic acids is 1. The van der Waals surface area contributed by atoms with Crippen LogP contribution in [0.4, 0.5) is 0 Å². The highest BCUT2D eigenvalue weighted by atomic mass is 16.5. The minimum atomic E-state index is -0.504. The van der Waals surface area contributed by atoms with Crippen LogP contribution in [0.25, 0.3) is 10.8 Å². The molecule has 138 valence electrons. The summed E-state index contributed by atoms with van der Waals surface area (Å²) in [6.45, 7) is 2.39. The van der Waals surface area contributed by atoms with Crippen LogP contribution in [0.3, 0.4) is 0 Å². The molecule has 0 bridgehead atoms. The summed E-state index contributed by atoms with van der Waals surface area (Å²) in [7, 11) is 1.57. The molecule has 0 atom stereocenters. The highest BCUT2D eigenvalue weighted by Gasteiger charge is 2.12. The monoisotopic (exact) mass is 364 g/mol. The average molecular weight is 364 g/mol. The molecule has 3 aromatic carbocycles. The first-order valence-corrected chi connectivity index (χ1v) is 8.48. The maximum Gasteiger partial charge on any atom is 0.275 e. The van der Waals surface area contributed by atoms with E-state index in [-0.39, 0.29) is 11.3 Å². The summed E-state index contributed by atoms with van der Waals surface area (Å²) in [6, 6.07) is 16.0. The first-order chi connectivity index (χ1) is 13.1.